The summed E-state index contributed by atoms with van der Waals surface area (Å²) in [7, 11) is 0. The van der Waals surface area contributed by atoms with Gasteiger partial charge in [0.1, 0.15) is 0 Å². The molecule has 1 N–H and O–H groups in total. The zero-order chi connectivity index (χ0) is 16.4. The average Bonchev–Trinajstić information content (AvgIpc) is 2.54. The first-order valence-corrected chi connectivity index (χ1v) is 7.55. The summed E-state index contributed by atoms with van der Waals surface area (Å²) in [5, 5.41) is 2.66. The number of anilines is 1. The Bertz CT molecular complexity index is 737. The minimum Gasteiger partial charge on any atom is -0.322 e. The molecule has 0 atom stereocenters. The van der Waals surface area contributed by atoms with Gasteiger partial charge in [-0.15, -0.1) is 0 Å². The third kappa shape index (κ3) is 3.23. The van der Waals surface area contributed by atoms with Crippen molar-refractivity contribution in [2.45, 2.75) is 31.9 Å². The fraction of sp³-hybridized carbons (Fsp3) is 0.278. The number of nitrogens with one attached hydrogen (secondary N) is 1. The minimum atomic E-state index is -4.55. The standard InChI is InChI=1S/C18H16F3NO/c19-18(20,21)15-10-4-3-9-14(15)17(23)22-16-11-5-7-12-6-1-2-8-13(12)16/h3-5,7,9-11H,1-2,6,8H2,(H,22,23). The van der Waals surface area contributed by atoms with Crippen molar-refractivity contribution in [3.63, 3.8) is 0 Å². The second-order valence-electron chi connectivity index (χ2n) is 5.65. The topological polar surface area (TPSA) is 29.1 Å². The van der Waals surface area contributed by atoms with E-state index in [-0.39, 0.29) is 5.56 Å². The van der Waals surface area contributed by atoms with Crippen molar-refractivity contribution in [1.82, 2.24) is 0 Å². The molecule has 0 spiro atoms. The number of halogens is 3. The van der Waals surface area contributed by atoms with Gasteiger partial charge in [0, 0.05) is 5.69 Å². The van der Waals surface area contributed by atoms with Gasteiger partial charge in [0.25, 0.3) is 5.91 Å². The van der Waals surface area contributed by atoms with Crippen LogP contribution in [0.25, 0.3) is 0 Å². The molecule has 5 heteroatoms. The van der Waals surface area contributed by atoms with Crippen LogP contribution in [0, 0.1) is 0 Å². The fourth-order valence-corrected chi connectivity index (χ4v) is 3.02. The lowest BCUT2D eigenvalue weighted by molar-refractivity contribution is -0.137. The van der Waals surface area contributed by atoms with Crippen molar-refractivity contribution in [1.29, 1.82) is 0 Å². The van der Waals surface area contributed by atoms with Crippen LogP contribution in [0.2, 0.25) is 0 Å². The van der Waals surface area contributed by atoms with Gasteiger partial charge in [0.2, 0.25) is 0 Å². The number of aryl methyl sites for hydroxylation is 1. The molecular formula is C18H16F3NO. The molecule has 1 aliphatic carbocycles. The highest BCUT2D eigenvalue weighted by atomic mass is 19.4. The maximum absolute atomic E-state index is 13.0. The molecule has 3 rings (SSSR count). The van der Waals surface area contributed by atoms with Crippen LogP contribution in [0.15, 0.2) is 42.5 Å². The molecule has 0 aromatic heterocycles. The molecule has 120 valence electrons. The molecule has 0 bridgehead atoms. The molecule has 1 aliphatic rings. The summed E-state index contributed by atoms with van der Waals surface area (Å²) in [5.74, 6) is -0.725. The third-order valence-electron chi connectivity index (χ3n) is 4.12. The number of carbonyl (C=O) groups is 1. The van der Waals surface area contributed by atoms with Gasteiger partial charge in [0.15, 0.2) is 0 Å². The van der Waals surface area contributed by atoms with E-state index in [1.54, 1.807) is 6.07 Å². The first-order chi connectivity index (χ1) is 11.0. The lowest BCUT2D eigenvalue weighted by atomic mass is 9.90. The predicted octanol–water partition coefficient (Wildman–Crippen LogP) is 4.84. The Morgan fingerprint density at radius 2 is 1.70 bits per heavy atom. The van der Waals surface area contributed by atoms with Crippen LogP contribution in [0.3, 0.4) is 0 Å². The largest absolute Gasteiger partial charge is 0.417 e. The lowest BCUT2D eigenvalue weighted by Gasteiger charge is -2.20. The highest BCUT2D eigenvalue weighted by Crippen LogP contribution is 2.33. The van der Waals surface area contributed by atoms with Crippen LogP contribution in [-0.2, 0) is 19.0 Å². The fourth-order valence-electron chi connectivity index (χ4n) is 3.02. The summed E-state index contributed by atoms with van der Waals surface area (Å²) in [6, 6.07) is 10.4. The van der Waals surface area contributed by atoms with Gasteiger partial charge in [-0.05, 0) is 55.0 Å². The average molecular weight is 319 g/mol. The normalized spacial score (nSPS) is 14.2. The minimum absolute atomic E-state index is 0.353. The molecule has 2 nitrogen and oxygen atoms in total. The molecule has 2 aromatic carbocycles. The van der Waals surface area contributed by atoms with E-state index < -0.39 is 17.6 Å². The van der Waals surface area contributed by atoms with Gasteiger partial charge >= 0.3 is 6.18 Å². The molecule has 23 heavy (non-hydrogen) atoms. The maximum Gasteiger partial charge on any atom is 0.417 e. The van der Waals surface area contributed by atoms with Gasteiger partial charge in [-0.1, -0.05) is 24.3 Å². The predicted molar refractivity (Wildman–Crippen MR) is 82.5 cm³/mol. The summed E-state index contributed by atoms with van der Waals surface area (Å²) in [5.41, 5.74) is 1.55. The monoisotopic (exact) mass is 319 g/mol. The van der Waals surface area contributed by atoms with Crippen LogP contribution < -0.4 is 5.32 Å². The molecule has 0 heterocycles. The molecule has 1 amide bonds. The van der Waals surface area contributed by atoms with Crippen molar-refractivity contribution in [3.8, 4) is 0 Å². The zero-order valence-corrected chi connectivity index (χ0v) is 12.4. The molecule has 2 aromatic rings. The molecule has 0 saturated heterocycles. The van der Waals surface area contributed by atoms with E-state index in [9.17, 15) is 18.0 Å². The van der Waals surface area contributed by atoms with Crippen LogP contribution in [0.5, 0.6) is 0 Å². The van der Waals surface area contributed by atoms with Crippen molar-refractivity contribution in [3.05, 3.63) is 64.7 Å². The summed E-state index contributed by atoms with van der Waals surface area (Å²) in [6.07, 6.45) is -0.644. The quantitative estimate of drug-likeness (QED) is 0.843. The summed E-state index contributed by atoms with van der Waals surface area (Å²) in [6.45, 7) is 0. The molecule has 0 radical (unpaired) electrons. The molecule has 0 saturated carbocycles. The second kappa shape index (κ2) is 6.07. The Balaban J connectivity index is 1.92. The second-order valence-corrected chi connectivity index (χ2v) is 5.65. The van der Waals surface area contributed by atoms with Crippen molar-refractivity contribution in [2.75, 3.05) is 5.32 Å². The Hall–Kier alpha value is -2.30. The smallest absolute Gasteiger partial charge is 0.322 e. The van der Waals surface area contributed by atoms with Gasteiger partial charge < -0.3 is 5.32 Å². The van der Waals surface area contributed by atoms with Crippen molar-refractivity contribution >= 4 is 11.6 Å². The number of fused-ring (bicyclic) bond motifs is 1. The summed E-state index contributed by atoms with van der Waals surface area (Å²) >= 11 is 0. The van der Waals surface area contributed by atoms with E-state index in [2.05, 4.69) is 5.32 Å². The van der Waals surface area contributed by atoms with Crippen LogP contribution in [0.4, 0.5) is 18.9 Å². The highest BCUT2D eigenvalue weighted by Gasteiger charge is 2.35. The van der Waals surface area contributed by atoms with E-state index in [1.165, 1.54) is 18.2 Å². The maximum atomic E-state index is 13.0. The molecular weight excluding hydrogens is 303 g/mol. The lowest BCUT2D eigenvalue weighted by Crippen LogP contribution is -2.20. The number of alkyl halides is 3. The van der Waals surface area contributed by atoms with Crippen LogP contribution in [0.1, 0.15) is 39.9 Å². The van der Waals surface area contributed by atoms with E-state index in [4.69, 9.17) is 0 Å². The first-order valence-electron chi connectivity index (χ1n) is 7.55. The number of hydrogen-bond acceptors (Lipinski definition) is 1. The van der Waals surface area contributed by atoms with Crippen LogP contribution >= 0.6 is 0 Å². The van der Waals surface area contributed by atoms with E-state index in [0.29, 0.717) is 5.69 Å². The van der Waals surface area contributed by atoms with E-state index >= 15 is 0 Å². The number of benzene rings is 2. The van der Waals surface area contributed by atoms with Crippen LogP contribution in [-0.4, -0.2) is 5.91 Å². The number of hydrogen-bond donors (Lipinski definition) is 1. The Morgan fingerprint density at radius 1 is 0.957 bits per heavy atom. The van der Waals surface area contributed by atoms with Gasteiger partial charge in [-0.2, -0.15) is 13.2 Å². The van der Waals surface area contributed by atoms with E-state index in [1.807, 2.05) is 12.1 Å². The number of rotatable bonds is 2. The molecule has 0 unspecified atom stereocenters. The van der Waals surface area contributed by atoms with Crippen molar-refractivity contribution in [2.24, 2.45) is 0 Å². The summed E-state index contributed by atoms with van der Waals surface area (Å²) < 4.78 is 39.1. The Kier molecular flexibility index (Phi) is 4.11. The first kappa shape index (κ1) is 15.6. The Morgan fingerprint density at radius 3 is 2.48 bits per heavy atom. The zero-order valence-electron chi connectivity index (χ0n) is 12.4. The van der Waals surface area contributed by atoms with Gasteiger partial charge in [-0.3, -0.25) is 4.79 Å². The molecule has 0 fully saturated rings. The number of amides is 1. The summed E-state index contributed by atoms with van der Waals surface area (Å²) in [4.78, 5) is 12.4. The van der Waals surface area contributed by atoms with E-state index in [0.717, 1.165) is 42.9 Å². The highest BCUT2D eigenvalue weighted by molar-refractivity contribution is 6.05. The number of carbonyl (C=O) groups excluding carboxylic acids is 1. The third-order valence-corrected chi connectivity index (χ3v) is 4.12. The SMILES string of the molecule is O=C(Nc1cccc2c1CCCC2)c1ccccc1C(F)(F)F. The molecule has 0 aliphatic heterocycles. The van der Waals surface area contributed by atoms with Crippen molar-refractivity contribution < 1.29 is 18.0 Å². The Labute approximate surface area is 132 Å². The van der Waals surface area contributed by atoms with Gasteiger partial charge in [0.05, 0.1) is 11.1 Å². The van der Waals surface area contributed by atoms with Gasteiger partial charge in [-0.25, -0.2) is 0 Å².